The summed E-state index contributed by atoms with van der Waals surface area (Å²) in [6.07, 6.45) is 3.48. The van der Waals surface area contributed by atoms with Crippen LogP contribution in [0.2, 0.25) is 0 Å². The second-order valence-electron chi connectivity index (χ2n) is 6.46. The van der Waals surface area contributed by atoms with E-state index in [1.54, 1.807) is 6.20 Å². The van der Waals surface area contributed by atoms with Gasteiger partial charge in [-0.2, -0.15) is 14.7 Å². The van der Waals surface area contributed by atoms with E-state index in [4.69, 9.17) is 0 Å². The molecule has 134 valence electrons. The van der Waals surface area contributed by atoms with E-state index in [9.17, 15) is 4.79 Å². The maximum absolute atomic E-state index is 12.0. The van der Waals surface area contributed by atoms with E-state index in [0.29, 0.717) is 5.52 Å². The van der Waals surface area contributed by atoms with Crippen LogP contribution in [0.3, 0.4) is 0 Å². The number of fused-ring (bicyclic) bond motifs is 2. The van der Waals surface area contributed by atoms with Gasteiger partial charge in [0.25, 0.3) is 0 Å². The fourth-order valence-corrected chi connectivity index (χ4v) is 3.09. The number of H-pyrrole nitrogens is 2. The third-order valence-electron chi connectivity index (χ3n) is 4.30. The van der Waals surface area contributed by atoms with Gasteiger partial charge in [-0.05, 0) is 33.2 Å². The molecule has 0 spiro atoms. The Bertz CT molecular complexity index is 1140. The molecule has 9 heteroatoms. The zero-order chi connectivity index (χ0) is 18.3. The van der Waals surface area contributed by atoms with Crippen LogP contribution in [0.1, 0.15) is 5.69 Å². The lowest BCUT2D eigenvalue weighted by molar-refractivity contribution is 0.425. The van der Waals surface area contributed by atoms with Crippen molar-refractivity contribution in [2.45, 2.75) is 6.92 Å². The Balaban J connectivity index is 1.88. The molecule has 0 amide bonds. The van der Waals surface area contributed by atoms with Gasteiger partial charge in [-0.15, -0.1) is 0 Å². The lowest BCUT2D eigenvalue weighted by Crippen LogP contribution is -2.21. The smallest absolute Gasteiger partial charge is 0.363 e. The fraction of sp³-hybridized carbons (Fsp3) is 0.294. The van der Waals surface area contributed by atoms with E-state index in [2.05, 4.69) is 35.5 Å². The predicted octanol–water partition coefficient (Wildman–Crippen LogP) is 1.24. The summed E-state index contributed by atoms with van der Waals surface area (Å²) in [5.41, 5.74) is 3.69. The van der Waals surface area contributed by atoms with Crippen LogP contribution in [0.25, 0.3) is 27.7 Å². The number of nitrogens with zero attached hydrogens (tertiary/aromatic N) is 5. The molecule has 0 radical (unpaired) electrons. The zero-order valence-electron chi connectivity index (χ0n) is 14.9. The molecule has 4 heterocycles. The van der Waals surface area contributed by atoms with Gasteiger partial charge < -0.3 is 15.2 Å². The summed E-state index contributed by atoms with van der Waals surface area (Å²) in [4.78, 5) is 21.9. The van der Waals surface area contributed by atoms with Crippen molar-refractivity contribution in [1.82, 2.24) is 34.7 Å². The largest absolute Gasteiger partial charge is 0.369 e. The van der Waals surface area contributed by atoms with Gasteiger partial charge in [-0.25, -0.2) is 14.9 Å². The summed E-state index contributed by atoms with van der Waals surface area (Å²) in [6.45, 7) is 3.56. The summed E-state index contributed by atoms with van der Waals surface area (Å²) in [5, 5.41) is 15.0. The number of aryl methyl sites for hydroxylation is 1. The number of likely N-dealkylation sites (N-methyl/N-ethyl adjacent to an activating group) is 1. The highest BCUT2D eigenvalue weighted by Crippen LogP contribution is 2.34. The van der Waals surface area contributed by atoms with Gasteiger partial charge in [-0.1, -0.05) is 0 Å². The maximum atomic E-state index is 12.0. The lowest BCUT2D eigenvalue weighted by Gasteiger charge is -2.12. The van der Waals surface area contributed by atoms with Crippen LogP contribution in [0, 0.1) is 6.92 Å². The van der Waals surface area contributed by atoms with E-state index in [-0.39, 0.29) is 5.69 Å². The molecule has 0 aliphatic heterocycles. The minimum atomic E-state index is -0.361. The molecule has 26 heavy (non-hydrogen) atoms. The van der Waals surface area contributed by atoms with Gasteiger partial charge in [0.2, 0.25) is 0 Å². The number of hydrogen-bond acceptors (Lipinski definition) is 6. The Morgan fingerprint density at radius 1 is 1.35 bits per heavy atom. The van der Waals surface area contributed by atoms with E-state index >= 15 is 0 Å². The second-order valence-corrected chi connectivity index (χ2v) is 6.46. The fourth-order valence-electron chi connectivity index (χ4n) is 3.09. The van der Waals surface area contributed by atoms with E-state index in [1.165, 1.54) is 4.52 Å². The molecule has 0 aromatic carbocycles. The topological polar surface area (TPSA) is 107 Å². The average molecular weight is 352 g/mol. The van der Waals surface area contributed by atoms with Gasteiger partial charge in [0.1, 0.15) is 17.0 Å². The Labute approximate surface area is 149 Å². The molecule has 4 aromatic heterocycles. The molecule has 0 unspecified atom stereocenters. The molecular formula is C17H20N8O. The molecule has 0 aliphatic carbocycles. The van der Waals surface area contributed by atoms with Crippen molar-refractivity contribution >= 4 is 22.4 Å². The highest BCUT2D eigenvalue weighted by atomic mass is 16.1. The second kappa shape index (κ2) is 6.26. The number of rotatable bonds is 5. The molecule has 0 fully saturated rings. The summed E-state index contributed by atoms with van der Waals surface area (Å²) >= 11 is 0. The minimum Gasteiger partial charge on any atom is -0.369 e. The van der Waals surface area contributed by atoms with E-state index in [0.717, 1.165) is 46.8 Å². The highest BCUT2D eigenvalue weighted by Gasteiger charge is 2.18. The quantitative estimate of drug-likeness (QED) is 0.499. The van der Waals surface area contributed by atoms with E-state index < -0.39 is 0 Å². The Hall–Kier alpha value is -3.20. The standard InChI is InChI=1S/C17H20N8O/c1-10-15(13-9-20-22-17(26)25(13)23-10)12-8-14(18-6-7-24(2)3)21-16-11(12)4-5-19-16/h4-5,8-9H,6-7H2,1-3H3,(H,22,26)(H2,18,19,21). The number of pyridine rings is 1. The molecule has 0 atom stereocenters. The van der Waals surface area contributed by atoms with Gasteiger partial charge in [-0.3, -0.25) is 0 Å². The van der Waals surface area contributed by atoms with E-state index in [1.807, 2.05) is 39.3 Å². The number of hydrogen-bond donors (Lipinski definition) is 3. The average Bonchev–Trinajstić information content (AvgIpc) is 3.18. The number of aromatic amines is 2. The van der Waals surface area contributed by atoms with Crippen molar-refractivity contribution in [2.24, 2.45) is 0 Å². The Morgan fingerprint density at radius 3 is 3.00 bits per heavy atom. The van der Waals surface area contributed by atoms with Crippen LogP contribution in [-0.2, 0) is 0 Å². The van der Waals surface area contributed by atoms with Gasteiger partial charge in [0, 0.05) is 35.8 Å². The monoisotopic (exact) mass is 352 g/mol. The van der Waals surface area contributed by atoms with Crippen molar-refractivity contribution < 1.29 is 0 Å². The van der Waals surface area contributed by atoms with Crippen LogP contribution < -0.4 is 11.0 Å². The van der Waals surface area contributed by atoms with Crippen molar-refractivity contribution in [3.05, 3.63) is 40.7 Å². The molecule has 0 saturated carbocycles. The molecule has 9 nitrogen and oxygen atoms in total. The van der Waals surface area contributed by atoms with Gasteiger partial charge in [0.05, 0.1) is 11.9 Å². The lowest BCUT2D eigenvalue weighted by atomic mass is 10.0. The molecular weight excluding hydrogens is 332 g/mol. The van der Waals surface area contributed by atoms with Crippen LogP contribution in [0.4, 0.5) is 5.82 Å². The van der Waals surface area contributed by atoms with Crippen molar-refractivity contribution in [2.75, 3.05) is 32.5 Å². The molecule has 4 rings (SSSR count). The van der Waals surface area contributed by atoms with Crippen LogP contribution in [-0.4, -0.2) is 61.9 Å². The van der Waals surface area contributed by atoms with Crippen molar-refractivity contribution in [1.29, 1.82) is 0 Å². The summed E-state index contributed by atoms with van der Waals surface area (Å²) in [7, 11) is 4.06. The minimum absolute atomic E-state index is 0.361. The van der Waals surface area contributed by atoms with Crippen LogP contribution in [0.5, 0.6) is 0 Å². The zero-order valence-corrected chi connectivity index (χ0v) is 14.9. The summed E-state index contributed by atoms with van der Waals surface area (Å²) in [6, 6.07) is 3.97. The molecule has 0 bridgehead atoms. The molecule has 3 N–H and O–H groups in total. The number of anilines is 1. The summed E-state index contributed by atoms with van der Waals surface area (Å²) in [5.74, 6) is 0.772. The number of aromatic nitrogens is 6. The van der Waals surface area contributed by atoms with Crippen LogP contribution in [0.15, 0.2) is 29.3 Å². The normalized spacial score (nSPS) is 11.7. The first-order chi connectivity index (χ1) is 12.5. The SMILES string of the molecule is Cc1nn2c(=O)[nH]ncc2c1-c1cc(NCCN(C)C)nc2[nH]ccc12. The van der Waals surface area contributed by atoms with Crippen LogP contribution >= 0.6 is 0 Å². The Morgan fingerprint density at radius 2 is 2.19 bits per heavy atom. The van der Waals surface area contributed by atoms with Gasteiger partial charge in [0.15, 0.2) is 0 Å². The number of nitrogens with one attached hydrogen (secondary N) is 3. The first-order valence-electron chi connectivity index (χ1n) is 8.34. The third-order valence-corrected chi connectivity index (χ3v) is 4.30. The third kappa shape index (κ3) is 2.72. The molecule has 4 aromatic rings. The van der Waals surface area contributed by atoms with Gasteiger partial charge >= 0.3 is 5.69 Å². The highest BCUT2D eigenvalue weighted by molar-refractivity contribution is 5.99. The molecule has 0 aliphatic rings. The maximum Gasteiger partial charge on any atom is 0.363 e. The summed E-state index contributed by atoms with van der Waals surface area (Å²) < 4.78 is 1.34. The molecule has 0 saturated heterocycles. The van der Waals surface area contributed by atoms with Crippen molar-refractivity contribution in [3.63, 3.8) is 0 Å². The first kappa shape index (κ1) is 16.3. The van der Waals surface area contributed by atoms with Crippen molar-refractivity contribution in [3.8, 4) is 11.1 Å². The Kier molecular flexibility index (Phi) is 3.92. The predicted molar refractivity (Wildman–Crippen MR) is 100 cm³/mol. The first-order valence-corrected chi connectivity index (χ1v) is 8.34.